The van der Waals surface area contributed by atoms with Gasteiger partial charge in [-0.1, -0.05) is 22.0 Å². The largest absolute Gasteiger partial charge is 0.328 e. The van der Waals surface area contributed by atoms with E-state index in [0.717, 1.165) is 26.6 Å². The van der Waals surface area contributed by atoms with Crippen molar-refractivity contribution in [1.82, 2.24) is 9.97 Å². The first kappa shape index (κ1) is 14.5. The Morgan fingerprint density at radius 2 is 2.16 bits per heavy atom. The predicted molar refractivity (Wildman–Crippen MR) is 82.4 cm³/mol. The summed E-state index contributed by atoms with van der Waals surface area (Å²) in [6.07, 6.45) is 2.63. The van der Waals surface area contributed by atoms with Gasteiger partial charge in [0.1, 0.15) is 0 Å². The van der Waals surface area contributed by atoms with Crippen LogP contribution in [0, 0.1) is 6.92 Å². The Balaban J connectivity index is 2.30. The zero-order valence-corrected chi connectivity index (χ0v) is 13.3. The number of hydrogen-bond donors (Lipinski definition) is 1. The van der Waals surface area contributed by atoms with Crippen LogP contribution in [0.4, 0.5) is 0 Å². The lowest BCUT2D eigenvalue weighted by Crippen LogP contribution is -2.18. The highest BCUT2D eigenvalue weighted by atomic mass is 79.9. The molecule has 2 rings (SSSR count). The van der Waals surface area contributed by atoms with Gasteiger partial charge in [-0.25, -0.2) is 9.97 Å². The Morgan fingerprint density at radius 1 is 1.37 bits per heavy atom. The molecule has 2 aromatic rings. The molecule has 1 atom stereocenters. The average molecular weight is 338 g/mol. The van der Waals surface area contributed by atoms with Gasteiger partial charge < -0.3 is 5.73 Å². The third-order valence-corrected chi connectivity index (χ3v) is 4.02. The van der Waals surface area contributed by atoms with Crippen LogP contribution in [0.5, 0.6) is 0 Å². The van der Waals surface area contributed by atoms with E-state index in [1.54, 1.807) is 18.0 Å². The summed E-state index contributed by atoms with van der Waals surface area (Å²) in [4.78, 5) is 9.86. The van der Waals surface area contributed by atoms with Crippen LogP contribution in [0.3, 0.4) is 0 Å². The minimum absolute atomic E-state index is 0.138. The molecule has 0 saturated heterocycles. The van der Waals surface area contributed by atoms with Gasteiger partial charge in [-0.15, -0.1) is 0 Å². The summed E-state index contributed by atoms with van der Waals surface area (Å²) in [7, 11) is 0. The first-order chi connectivity index (χ1) is 9.04. The molecular formula is C14H16BrN3S. The fourth-order valence-electron chi connectivity index (χ4n) is 1.71. The van der Waals surface area contributed by atoms with E-state index in [2.05, 4.69) is 38.0 Å². The van der Waals surface area contributed by atoms with Gasteiger partial charge in [0.15, 0.2) is 5.16 Å². The van der Waals surface area contributed by atoms with Crippen LogP contribution >= 0.6 is 27.7 Å². The number of aryl methyl sites for hydroxylation is 1. The number of rotatable bonds is 4. The zero-order chi connectivity index (χ0) is 13.8. The second kappa shape index (κ2) is 6.50. The summed E-state index contributed by atoms with van der Waals surface area (Å²) in [6.45, 7) is 3.98. The first-order valence-electron chi connectivity index (χ1n) is 6.06. The molecule has 0 aliphatic heterocycles. The first-order valence-corrected chi connectivity index (χ1v) is 7.67. The summed E-state index contributed by atoms with van der Waals surface area (Å²) in [5, 5.41) is 0.768. The second-order valence-electron chi connectivity index (χ2n) is 4.52. The van der Waals surface area contributed by atoms with Crippen LogP contribution in [0.1, 0.15) is 18.2 Å². The molecule has 0 radical (unpaired) electrons. The highest BCUT2D eigenvalue weighted by Gasteiger charge is 2.09. The second-order valence-corrected chi connectivity index (χ2v) is 6.44. The van der Waals surface area contributed by atoms with Crippen molar-refractivity contribution in [3.8, 4) is 0 Å². The maximum atomic E-state index is 5.90. The fraction of sp³-hybridized carbons (Fsp3) is 0.286. The standard InChI is InChI=1S/C14H16BrN3S/c1-9(16)7-11-3-4-12(15)8-13(11)19-14-17-6-5-10(2)18-14/h3-6,8-9H,7,16H2,1-2H3. The van der Waals surface area contributed by atoms with Crippen molar-refractivity contribution in [2.45, 2.75) is 36.4 Å². The number of nitrogens with zero attached hydrogens (tertiary/aromatic N) is 2. The van der Waals surface area contributed by atoms with Crippen molar-refractivity contribution in [3.63, 3.8) is 0 Å². The van der Waals surface area contributed by atoms with E-state index in [1.807, 2.05) is 26.0 Å². The Hall–Kier alpha value is -0.910. The third kappa shape index (κ3) is 4.30. The number of hydrogen-bond acceptors (Lipinski definition) is 4. The van der Waals surface area contributed by atoms with Gasteiger partial charge >= 0.3 is 0 Å². The van der Waals surface area contributed by atoms with E-state index in [1.165, 1.54) is 5.56 Å². The maximum absolute atomic E-state index is 5.90. The normalized spacial score (nSPS) is 12.4. The van der Waals surface area contributed by atoms with Crippen LogP contribution in [0.15, 0.2) is 45.0 Å². The van der Waals surface area contributed by atoms with E-state index in [0.29, 0.717) is 0 Å². The third-order valence-electron chi connectivity index (χ3n) is 2.55. The molecule has 1 unspecified atom stereocenters. The van der Waals surface area contributed by atoms with E-state index < -0.39 is 0 Å². The molecule has 0 aliphatic carbocycles. The number of nitrogens with two attached hydrogens (primary N) is 1. The number of benzene rings is 1. The Bertz CT molecular complexity index is 572. The van der Waals surface area contributed by atoms with Crippen LogP contribution in [0.2, 0.25) is 0 Å². The van der Waals surface area contributed by atoms with Crippen LogP contribution in [0.25, 0.3) is 0 Å². The van der Waals surface area contributed by atoms with E-state index in [9.17, 15) is 0 Å². The highest BCUT2D eigenvalue weighted by Crippen LogP contribution is 2.31. The summed E-state index contributed by atoms with van der Waals surface area (Å²) in [5.74, 6) is 0. The van der Waals surface area contributed by atoms with Crippen LogP contribution in [-0.4, -0.2) is 16.0 Å². The van der Waals surface area contributed by atoms with Crippen molar-refractivity contribution >= 4 is 27.7 Å². The zero-order valence-electron chi connectivity index (χ0n) is 10.9. The molecule has 0 fully saturated rings. The molecule has 1 heterocycles. The van der Waals surface area contributed by atoms with Gasteiger partial charge in [0.2, 0.25) is 0 Å². The van der Waals surface area contributed by atoms with E-state index in [4.69, 9.17) is 5.73 Å². The van der Waals surface area contributed by atoms with Crippen LogP contribution in [-0.2, 0) is 6.42 Å². The molecule has 0 bridgehead atoms. The Kier molecular flexibility index (Phi) is 4.96. The quantitative estimate of drug-likeness (QED) is 0.866. The van der Waals surface area contributed by atoms with Crippen molar-refractivity contribution in [2.75, 3.05) is 0 Å². The summed E-state index contributed by atoms with van der Waals surface area (Å²) in [6, 6.07) is 8.27. The van der Waals surface area contributed by atoms with Crippen molar-refractivity contribution < 1.29 is 0 Å². The fourth-order valence-corrected chi connectivity index (χ4v) is 3.19. The summed E-state index contributed by atoms with van der Waals surface area (Å²) >= 11 is 5.08. The monoisotopic (exact) mass is 337 g/mol. The maximum Gasteiger partial charge on any atom is 0.192 e. The lowest BCUT2D eigenvalue weighted by molar-refractivity contribution is 0.729. The van der Waals surface area contributed by atoms with Crippen LogP contribution < -0.4 is 5.73 Å². The van der Waals surface area contributed by atoms with Gasteiger partial charge in [-0.2, -0.15) is 0 Å². The summed E-state index contributed by atoms with van der Waals surface area (Å²) in [5.41, 5.74) is 8.10. The average Bonchev–Trinajstić information content (AvgIpc) is 2.32. The molecule has 0 spiro atoms. The van der Waals surface area contributed by atoms with Gasteiger partial charge in [0.05, 0.1) is 0 Å². The number of halogens is 1. The topological polar surface area (TPSA) is 51.8 Å². The molecule has 2 N–H and O–H groups in total. The molecule has 1 aromatic heterocycles. The van der Waals surface area contributed by atoms with Gasteiger partial charge in [0.25, 0.3) is 0 Å². The van der Waals surface area contributed by atoms with E-state index in [-0.39, 0.29) is 6.04 Å². The van der Waals surface area contributed by atoms with Crippen molar-refractivity contribution in [3.05, 3.63) is 46.2 Å². The minimum Gasteiger partial charge on any atom is -0.328 e. The van der Waals surface area contributed by atoms with Gasteiger partial charge in [-0.3, -0.25) is 0 Å². The predicted octanol–water partition coefficient (Wildman–Crippen LogP) is 3.59. The molecule has 19 heavy (non-hydrogen) atoms. The SMILES string of the molecule is Cc1ccnc(Sc2cc(Br)ccc2CC(C)N)n1. The molecule has 100 valence electrons. The van der Waals surface area contributed by atoms with Crippen molar-refractivity contribution in [1.29, 1.82) is 0 Å². The Morgan fingerprint density at radius 3 is 2.84 bits per heavy atom. The molecular weight excluding hydrogens is 322 g/mol. The van der Waals surface area contributed by atoms with Crippen molar-refractivity contribution in [2.24, 2.45) is 5.73 Å². The molecule has 0 amide bonds. The Labute approximate surface area is 126 Å². The minimum atomic E-state index is 0.138. The molecule has 0 aliphatic rings. The smallest absolute Gasteiger partial charge is 0.192 e. The lowest BCUT2D eigenvalue weighted by Gasteiger charge is -2.11. The van der Waals surface area contributed by atoms with Gasteiger partial charge in [-0.05, 0) is 55.8 Å². The summed E-state index contributed by atoms with van der Waals surface area (Å²) < 4.78 is 1.05. The molecule has 5 heteroatoms. The molecule has 3 nitrogen and oxygen atoms in total. The number of aromatic nitrogens is 2. The molecule has 0 saturated carbocycles. The highest BCUT2D eigenvalue weighted by molar-refractivity contribution is 9.10. The van der Waals surface area contributed by atoms with Gasteiger partial charge in [0, 0.05) is 27.3 Å². The molecule has 1 aromatic carbocycles. The van der Waals surface area contributed by atoms with E-state index >= 15 is 0 Å². The lowest BCUT2D eigenvalue weighted by atomic mass is 10.1.